The first-order chi connectivity index (χ1) is 13.4. The molecule has 0 radical (unpaired) electrons. The van der Waals surface area contributed by atoms with Crippen molar-refractivity contribution in [2.45, 2.75) is 6.42 Å². The van der Waals surface area contributed by atoms with Gasteiger partial charge in [-0.2, -0.15) is 4.68 Å². The number of aromatic hydroxyl groups is 1. The van der Waals surface area contributed by atoms with Crippen LogP contribution in [0.4, 0.5) is 4.39 Å². The van der Waals surface area contributed by atoms with Gasteiger partial charge in [0.1, 0.15) is 10.7 Å². The van der Waals surface area contributed by atoms with E-state index in [1.807, 2.05) is 18.2 Å². The van der Waals surface area contributed by atoms with Crippen LogP contribution in [0.3, 0.4) is 0 Å². The number of hydrogen-bond acceptors (Lipinski definition) is 5. The van der Waals surface area contributed by atoms with Crippen molar-refractivity contribution in [2.24, 2.45) is 4.99 Å². The molecule has 0 atom stereocenters. The summed E-state index contributed by atoms with van der Waals surface area (Å²) in [5, 5.41) is 11.2. The van der Waals surface area contributed by atoms with Crippen molar-refractivity contribution in [1.82, 2.24) is 4.68 Å². The summed E-state index contributed by atoms with van der Waals surface area (Å²) in [5.74, 6) is -1.91. The second kappa shape index (κ2) is 7.10. The topological polar surface area (TPSA) is 83.7 Å². The van der Waals surface area contributed by atoms with Gasteiger partial charge >= 0.3 is 0 Å². The molecule has 0 saturated carbocycles. The summed E-state index contributed by atoms with van der Waals surface area (Å²) in [6, 6.07) is 12.9. The Morgan fingerprint density at radius 1 is 1.25 bits per heavy atom. The highest BCUT2D eigenvalue weighted by atomic mass is 32.1. The first-order valence-electron chi connectivity index (χ1n) is 8.16. The van der Waals surface area contributed by atoms with Crippen LogP contribution in [0.5, 0.6) is 5.88 Å². The van der Waals surface area contributed by atoms with E-state index in [2.05, 4.69) is 10.4 Å². The molecule has 9 heteroatoms. The molecule has 1 aliphatic heterocycles. The van der Waals surface area contributed by atoms with Crippen LogP contribution >= 0.6 is 23.6 Å². The van der Waals surface area contributed by atoms with E-state index in [-0.39, 0.29) is 32.0 Å². The highest BCUT2D eigenvalue weighted by Gasteiger charge is 2.26. The van der Waals surface area contributed by atoms with E-state index in [1.165, 1.54) is 18.2 Å². The van der Waals surface area contributed by atoms with Gasteiger partial charge in [-0.25, -0.2) is 9.38 Å². The van der Waals surface area contributed by atoms with E-state index in [4.69, 9.17) is 12.2 Å². The normalized spacial score (nSPS) is 12.6. The Hall–Kier alpha value is -3.17. The van der Waals surface area contributed by atoms with Gasteiger partial charge in [0.05, 0.1) is 17.4 Å². The molecule has 140 valence electrons. The lowest BCUT2D eigenvalue weighted by Gasteiger charge is -2.08. The van der Waals surface area contributed by atoms with Crippen molar-refractivity contribution in [1.29, 1.82) is 0 Å². The van der Waals surface area contributed by atoms with Crippen molar-refractivity contribution >= 4 is 40.9 Å². The van der Waals surface area contributed by atoms with Crippen LogP contribution in [0.1, 0.15) is 10.4 Å². The number of carbonyl (C=O) groups is 2. The number of halogens is 1. The molecule has 0 unspecified atom stereocenters. The van der Waals surface area contributed by atoms with Crippen LogP contribution in [0.2, 0.25) is 0 Å². The quantitative estimate of drug-likeness (QED) is 0.639. The Labute approximate surface area is 166 Å². The Balaban J connectivity index is 1.72. The van der Waals surface area contributed by atoms with Crippen molar-refractivity contribution in [2.75, 3.05) is 5.43 Å². The van der Waals surface area contributed by atoms with Gasteiger partial charge in [0.25, 0.3) is 5.91 Å². The van der Waals surface area contributed by atoms with Crippen molar-refractivity contribution in [3.05, 3.63) is 79.3 Å². The molecule has 28 heavy (non-hydrogen) atoms. The van der Waals surface area contributed by atoms with Gasteiger partial charge in [0.15, 0.2) is 3.95 Å². The fraction of sp³-hybridized carbons (Fsp3) is 0.0526. The highest BCUT2D eigenvalue weighted by molar-refractivity contribution is 7.73. The maximum atomic E-state index is 13.6. The summed E-state index contributed by atoms with van der Waals surface area (Å²) in [6.45, 7) is 0. The molecule has 2 aromatic carbocycles. The number of rotatable bonds is 4. The zero-order valence-corrected chi connectivity index (χ0v) is 15.8. The number of hydrogen-bond donors (Lipinski definition) is 2. The number of nitrogens with zero attached hydrogens (tertiary/aromatic N) is 2. The Kier molecular flexibility index (Phi) is 4.62. The van der Waals surface area contributed by atoms with Gasteiger partial charge in [0.2, 0.25) is 11.8 Å². The maximum Gasteiger partial charge on any atom is 0.279 e. The third kappa shape index (κ3) is 3.25. The molecule has 0 aliphatic carbocycles. The van der Waals surface area contributed by atoms with Gasteiger partial charge in [-0.3, -0.25) is 15.0 Å². The van der Waals surface area contributed by atoms with Gasteiger partial charge in [0, 0.05) is 5.22 Å². The zero-order valence-electron chi connectivity index (χ0n) is 14.2. The summed E-state index contributed by atoms with van der Waals surface area (Å²) in [7, 11) is 0. The van der Waals surface area contributed by atoms with E-state index in [0.717, 1.165) is 21.6 Å². The molecular formula is C19H12FN3O3S2. The molecule has 3 aromatic rings. The monoisotopic (exact) mass is 413 g/mol. The third-order valence-corrected chi connectivity index (χ3v) is 5.50. The minimum Gasteiger partial charge on any atom is -0.492 e. The molecule has 1 aliphatic rings. The molecule has 0 spiro atoms. The summed E-state index contributed by atoms with van der Waals surface area (Å²) in [4.78, 5) is 28.6. The van der Waals surface area contributed by atoms with Crippen molar-refractivity contribution < 1.29 is 19.1 Å². The fourth-order valence-electron chi connectivity index (χ4n) is 2.88. The molecule has 1 aromatic heterocycles. The standard InChI is InChI=1S/C19H12FN3O3S2/c20-11-6-7-13-12(9-11)15(17(25)21-13)16-18(26)23(19(27)28-16)22-14(24)8-10-4-2-1-3-5-10/h1-7,9,26H,8H2,(H,22,24). The van der Waals surface area contributed by atoms with E-state index in [0.29, 0.717) is 5.36 Å². The lowest BCUT2D eigenvalue weighted by Crippen LogP contribution is -2.25. The number of fused-ring (bicyclic) bond motifs is 1. The Bertz CT molecular complexity index is 1300. The molecule has 2 heterocycles. The average molecular weight is 413 g/mol. The van der Waals surface area contributed by atoms with Crippen LogP contribution in [0.15, 0.2) is 53.5 Å². The number of aromatic nitrogens is 1. The second-order valence-electron chi connectivity index (χ2n) is 6.01. The maximum absolute atomic E-state index is 13.6. The second-order valence-corrected chi connectivity index (χ2v) is 7.65. The third-order valence-electron chi connectivity index (χ3n) is 4.12. The van der Waals surface area contributed by atoms with Gasteiger partial charge in [-0.05, 0) is 36.0 Å². The van der Waals surface area contributed by atoms with Crippen LogP contribution in [0.25, 0.3) is 5.57 Å². The molecule has 0 bridgehead atoms. The summed E-state index contributed by atoms with van der Waals surface area (Å²) < 4.78 is 14.8. The summed E-state index contributed by atoms with van der Waals surface area (Å²) in [6.07, 6.45) is 0.0894. The molecule has 2 amide bonds. The number of amides is 2. The van der Waals surface area contributed by atoms with Crippen molar-refractivity contribution in [3.63, 3.8) is 0 Å². The SMILES string of the molecule is O=C(Cc1ccccc1)Nn1c(O)c(C2=c3cc(F)ccc3=NC2=O)sc1=S. The number of nitrogens with one attached hydrogen (secondary N) is 1. The fourth-order valence-corrected chi connectivity index (χ4v) is 4.14. The zero-order chi connectivity index (χ0) is 19.8. The first kappa shape index (κ1) is 18.2. The average Bonchev–Trinajstić information content (AvgIpc) is 3.12. The molecule has 2 N–H and O–H groups in total. The minimum absolute atomic E-state index is 0.0548. The predicted octanol–water partition coefficient (Wildman–Crippen LogP) is 1.80. The summed E-state index contributed by atoms with van der Waals surface area (Å²) in [5.41, 5.74) is 3.38. The van der Waals surface area contributed by atoms with Crippen LogP contribution < -0.4 is 16.0 Å². The van der Waals surface area contributed by atoms with Gasteiger partial charge in [-0.1, -0.05) is 41.7 Å². The molecule has 6 nitrogen and oxygen atoms in total. The van der Waals surface area contributed by atoms with E-state index >= 15 is 0 Å². The minimum atomic E-state index is -0.602. The number of benzene rings is 2. The lowest BCUT2D eigenvalue weighted by molar-refractivity contribution is -0.116. The number of carbonyl (C=O) groups excluding carboxylic acids is 2. The molecule has 4 rings (SSSR count). The number of thiazole rings is 1. The van der Waals surface area contributed by atoms with Crippen LogP contribution in [-0.4, -0.2) is 21.6 Å². The first-order valence-corrected chi connectivity index (χ1v) is 9.38. The van der Waals surface area contributed by atoms with Gasteiger partial charge < -0.3 is 5.11 Å². The molecule has 0 saturated heterocycles. The van der Waals surface area contributed by atoms with E-state index < -0.39 is 17.6 Å². The van der Waals surface area contributed by atoms with Crippen molar-refractivity contribution in [3.8, 4) is 5.88 Å². The largest absolute Gasteiger partial charge is 0.492 e. The van der Waals surface area contributed by atoms with E-state index in [1.54, 1.807) is 12.1 Å². The smallest absolute Gasteiger partial charge is 0.279 e. The molecular weight excluding hydrogens is 401 g/mol. The van der Waals surface area contributed by atoms with Crippen LogP contribution in [-0.2, 0) is 16.0 Å². The van der Waals surface area contributed by atoms with Gasteiger partial charge in [-0.15, -0.1) is 0 Å². The molecule has 0 fully saturated rings. The van der Waals surface area contributed by atoms with E-state index in [9.17, 15) is 19.1 Å². The summed E-state index contributed by atoms with van der Waals surface area (Å²) >= 11 is 6.15. The predicted molar refractivity (Wildman–Crippen MR) is 104 cm³/mol. The highest BCUT2D eigenvalue weighted by Crippen LogP contribution is 2.31. The Morgan fingerprint density at radius 2 is 2.00 bits per heavy atom. The lowest BCUT2D eigenvalue weighted by atomic mass is 10.1. The van der Waals surface area contributed by atoms with Crippen LogP contribution in [0, 0.1) is 9.77 Å². The Morgan fingerprint density at radius 3 is 2.75 bits per heavy atom.